The summed E-state index contributed by atoms with van der Waals surface area (Å²) in [5.41, 5.74) is 0.00863. The third-order valence-electron chi connectivity index (χ3n) is 4.91. The Hall–Kier alpha value is -2.68. The van der Waals surface area contributed by atoms with Crippen LogP contribution in [0.25, 0.3) is 0 Å². The van der Waals surface area contributed by atoms with Crippen LogP contribution in [0.1, 0.15) is 11.1 Å². The molecule has 1 aromatic carbocycles. The monoisotopic (exact) mass is 395 g/mol. The first-order valence-corrected chi connectivity index (χ1v) is 9.02. The zero-order valence-electron chi connectivity index (χ0n) is 15.1. The van der Waals surface area contributed by atoms with Gasteiger partial charge in [-0.3, -0.25) is 4.90 Å². The normalized spacial score (nSPS) is 17.6. The van der Waals surface area contributed by atoms with Crippen LogP contribution in [0.15, 0.2) is 30.5 Å². The van der Waals surface area contributed by atoms with Crippen molar-refractivity contribution in [1.29, 1.82) is 0 Å². The van der Waals surface area contributed by atoms with E-state index in [-0.39, 0.29) is 5.75 Å². The van der Waals surface area contributed by atoms with Crippen molar-refractivity contribution in [3.63, 3.8) is 0 Å². The number of phenolic OH excluding ortho intramolecular Hbond substituents is 1. The first-order chi connectivity index (χ1) is 13.4. The Morgan fingerprint density at radius 2 is 1.68 bits per heavy atom. The summed E-state index contributed by atoms with van der Waals surface area (Å²) < 4.78 is 49.0. The average Bonchev–Trinajstić information content (AvgIpc) is 2.69. The minimum absolute atomic E-state index is 0.163. The van der Waals surface area contributed by atoms with Crippen LogP contribution in [0.3, 0.4) is 0 Å². The molecule has 1 fully saturated rings. The summed E-state index contributed by atoms with van der Waals surface area (Å²) in [5.74, 6) is 1.88. The molecule has 28 heavy (non-hydrogen) atoms. The van der Waals surface area contributed by atoms with Gasteiger partial charge in [0.15, 0.2) is 11.5 Å². The van der Waals surface area contributed by atoms with Crippen molar-refractivity contribution in [3.8, 4) is 17.2 Å². The minimum atomic E-state index is -4.38. The van der Waals surface area contributed by atoms with Gasteiger partial charge in [-0.05, 0) is 18.2 Å². The standard InChI is InChI=1S/C19H20F3N3O3/c20-19(21,22)14-1-2-18(23-11-14)25-5-3-24(4-6-25)12-13-9-16-17(10-15(13)26)28-8-7-27-16/h1-2,9-11,26H,3-8,12H2. The number of alkyl halides is 3. The summed E-state index contributed by atoms with van der Waals surface area (Å²) >= 11 is 0. The fourth-order valence-corrected chi connectivity index (χ4v) is 3.36. The van der Waals surface area contributed by atoms with Gasteiger partial charge in [-0.1, -0.05) is 0 Å². The number of fused-ring (bicyclic) bond motifs is 1. The number of nitrogens with zero attached hydrogens (tertiary/aromatic N) is 3. The van der Waals surface area contributed by atoms with Gasteiger partial charge in [-0.2, -0.15) is 13.2 Å². The molecule has 0 spiro atoms. The predicted molar refractivity (Wildman–Crippen MR) is 95.8 cm³/mol. The van der Waals surface area contributed by atoms with Gasteiger partial charge in [-0.15, -0.1) is 0 Å². The summed E-state index contributed by atoms with van der Waals surface area (Å²) in [6.45, 7) is 4.19. The Kier molecular flexibility index (Phi) is 4.92. The van der Waals surface area contributed by atoms with Crippen LogP contribution < -0.4 is 14.4 Å². The first-order valence-electron chi connectivity index (χ1n) is 9.02. The summed E-state index contributed by atoms with van der Waals surface area (Å²) in [6.07, 6.45) is -3.51. The van der Waals surface area contributed by atoms with Gasteiger partial charge < -0.3 is 19.5 Å². The molecule has 0 atom stereocenters. The number of piperazine rings is 1. The number of hydrogen-bond acceptors (Lipinski definition) is 6. The van der Waals surface area contributed by atoms with Crippen LogP contribution in [0.4, 0.5) is 19.0 Å². The van der Waals surface area contributed by atoms with E-state index in [2.05, 4.69) is 9.88 Å². The molecule has 4 rings (SSSR count). The van der Waals surface area contributed by atoms with Crippen LogP contribution >= 0.6 is 0 Å². The van der Waals surface area contributed by atoms with Crippen LogP contribution in [0.2, 0.25) is 0 Å². The topological polar surface area (TPSA) is 58.1 Å². The summed E-state index contributed by atoms with van der Waals surface area (Å²) in [5, 5.41) is 10.2. The Morgan fingerprint density at radius 3 is 2.29 bits per heavy atom. The molecule has 0 unspecified atom stereocenters. The molecule has 3 heterocycles. The lowest BCUT2D eigenvalue weighted by molar-refractivity contribution is -0.137. The molecule has 2 aliphatic rings. The summed E-state index contributed by atoms with van der Waals surface area (Å²) in [6, 6.07) is 5.84. The fraction of sp³-hybridized carbons (Fsp3) is 0.421. The number of hydrogen-bond donors (Lipinski definition) is 1. The smallest absolute Gasteiger partial charge is 0.417 e. The SMILES string of the molecule is Oc1cc2c(cc1CN1CCN(c3ccc(C(F)(F)F)cn3)CC1)OCCO2. The highest BCUT2D eigenvalue weighted by molar-refractivity contribution is 5.50. The molecule has 0 aliphatic carbocycles. The molecular formula is C19H20F3N3O3. The van der Waals surface area contributed by atoms with Crippen LogP contribution in [-0.2, 0) is 12.7 Å². The largest absolute Gasteiger partial charge is 0.507 e. The molecule has 0 saturated carbocycles. The number of pyridine rings is 1. The van der Waals surface area contributed by atoms with Crippen molar-refractivity contribution in [2.75, 3.05) is 44.3 Å². The molecule has 6 nitrogen and oxygen atoms in total. The minimum Gasteiger partial charge on any atom is -0.507 e. The molecule has 1 N–H and O–H groups in total. The third kappa shape index (κ3) is 3.94. The van der Waals surface area contributed by atoms with E-state index in [1.807, 2.05) is 4.90 Å². The number of halogens is 3. The van der Waals surface area contributed by atoms with Crippen LogP contribution in [0, 0.1) is 0 Å². The lowest BCUT2D eigenvalue weighted by Crippen LogP contribution is -2.46. The highest BCUT2D eigenvalue weighted by Gasteiger charge is 2.31. The maximum Gasteiger partial charge on any atom is 0.417 e. The van der Waals surface area contributed by atoms with Gasteiger partial charge >= 0.3 is 6.18 Å². The van der Waals surface area contributed by atoms with E-state index in [0.717, 1.165) is 17.8 Å². The van der Waals surface area contributed by atoms with Gasteiger partial charge in [0.25, 0.3) is 0 Å². The Balaban J connectivity index is 1.37. The van der Waals surface area contributed by atoms with E-state index in [1.54, 1.807) is 12.1 Å². The van der Waals surface area contributed by atoms with E-state index < -0.39 is 11.7 Å². The van der Waals surface area contributed by atoms with Gasteiger partial charge in [0.2, 0.25) is 0 Å². The number of rotatable bonds is 3. The zero-order chi connectivity index (χ0) is 19.7. The summed E-state index contributed by atoms with van der Waals surface area (Å²) in [7, 11) is 0. The Bertz CT molecular complexity index is 835. The fourth-order valence-electron chi connectivity index (χ4n) is 3.36. The average molecular weight is 395 g/mol. The molecule has 0 amide bonds. The van der Waals surface area contributed by atoms with Crippen molar-refractivity contribution in [2.45, 2.75) is 12.7 Å². The molecule has 150 valence electrons. The number of phenols is 1. The second kappa shape index (κ2) is 7.38. The van der Waals surface area contributed by atoms with Gasteiger partial charge in [0, 0.05) is 50.6 Å². The van der Waals surface area contributed by atoms with Crippen molar-refractivity contribution in [2.24, 2.45) is 0 Å². The number of anilines is 1. The quantitative estimate of drug-likeness (QED) is 0.863. The molecule has 1 saturated heterocycles. The highest BCUT2D eigenvalue weighted by Crippen LogP contribution is 2.37. The molecule has 2 aromatic rings. The van der Waals surface area contributed by atoms with E-state index in [4.69, 9.17) is 9.47 Å². The Morgan fingerprint density at radius 1 is 1.00 bits per heavy atom. The highest BCUT2D eigenvalue weighted by atomic mass is 19.4. The number of ether oxygens (including phenoxy) is 2. The van der Waals surface area contributed by atoms with Gasteiger partial charge in [-0.25, -0.2) is 4.98 Å². The van der Waals surface area contributed by atoms with Crippen LogP contribution in [0.5, 0.6) is 17.2 Å². The van der Waals surface area contributed by atoms with E-state index in [1.165, 1.54) is 6.07 Å². The lowest BCUT2D eigenvalue weighted by Gasteiger charge is -2.35. The number of aromatic hydroxyl groups is 1. The molecule has 0 radical (unpaired) electrons. The molecule has 9 heteroatoms. The van der Waals surface area contributed by atoms with Gasteiger partial charge in [0.1, 0.15) is 24.8 Å². The maximum absolute atomic E-state index is 12.7. The van der Waals surface area contributed by atoms with Gasteiger partial charge in [0.05, 0.1) is 5.56 Å². The second-order valence-electron chi connectivity index (χ2n) is 6.79. The van der Waals surface area contributed by atoms with Crippen molar-refractivity contribution < 1.29 is 27.8 Å². The van der Waals surface area contributed by atoms with E-state index in [9.17, 15) is 18.3 Å². The van der Waals surface area contributed by atoms with Crippen molar-refractivity contribution in [1.82, 2.24) is 9.88 Å². The predicted octanol–water partition coefficient (Wildman–Crippen LogP) is 2.90. The second-order valence-corrected chi connectivity index (χ2v) is 6.79. The van der Waals surface area contributed by atoms with E-state index in [0.29, 0.717) is 63.3 Å². The van der Waals surface area contributed by atoms with E-state index >= 15 is 0 Å². The molecule has 1 aromatic heterocycles. The molecule has 0 bridgehead atoms. The zero-order valence-corrected chi connectivity index (χ0v) is 15.1. The Labute approximate surface area is 160 Å². The lowest BCUT2D eigenvalue weighted by atomic mass is 10.1. The third-order valence-corrected chi connectivity index (χ3v) is 4.91. The molecular weight excluding hydrogens is 375 g/mol. The van der Waals surface area contributed by atoms with Crippen LogP contribution in [-0.4, -0.2) is 54.4 Å². The van der Waals surface area contributed by atoms with Crippen molar-refractivity contribution in [3.05, 3.63) is 41.6 Å². The van der Waals surface area contributed by atoms with Crippen molar-refractivity contribution >= 4 is 5.82 Å². The number of benzene rings is 1. The number of aromatic nitrogens is 1. The first kappa shape index (κ1) is 18.7. The summed E-state index contributed by atoms with van der Waals surface area (Å²) in [4.78, 5) is 8.09. The molecule has 2 aliphatic heterocycles. The maximum atomic E-state index is 12.7.